The van der Waals surface area contributed by atoms with Crippen molar-refractivity contribution >= 4 is 50.7 Å². The summed E-state index contributed by atoms with van der Waals surface area (Å²) in [6.45, 7) is 1.85. The van der Waals surface area contributed by atoms with Crippen LogP contribution in [0.15, 0.2) is 41.0 Å². The lowest BCUT2D eigenvalue weighted by Gasteiger charge is -2.06. The summed E-state index contributed by atoms with van der Waals surface area (Å²) in [6, 6.07) is 7.36. The van der Waals surface area contributed by atoms with E-state index in [-0.39, 0.29) is 17.6 Å². The number of benzene rings is 1. The number of aromatic nitrogens is 2. The number of hydrogen-bond acceptors (Lipinski definition) is 6. The first kappa shape index (κ1) is 15.3. The van der Waals surface area contributed by atoms with Crippen LogP contribution in [0.2, 0.25) is 0 Å². The van der Waals surface area contributed by atoms with Crippen molar-refractivity contribution in [3.63, 3.8) is 0 Å². The largest absolute Gasteiger partial charge is 0.325 e. The van der Waals surface area contributed by atoms with Crippen molar-refractivity contribution in [3.05, 3.63) is 47.1 Å². The average molecular weight is 355 g/mol. The van der Waals surface area contributed by atoms with E-state index in [1.54, 1.807) is 23.5 Å². The summed E-state index contributed by atoms with van der Waals surface area (Å²) in [5.74, 6) is 0.0881. The minimum absolute atomic E-state index is 0.0233. The Balaban J connectivity index is 1.53. The zero-order valence-corrected chi connectivity index (χ0v) is 14.4. The Morgan fingerprint density at radius 2 is 2.21 bits per heavy atom. The van der Waals surface area contributed by atoms with Gasteiger partial charge in [-0.2, -0.15) is 0 Å². The molecule has 5 nitrogen and oxygen atoms in total. The van der Waals surface area contributed by atoms with Crippen LogP contribution in [0.4, 0.5) is 5.69 Å². The van der Waals surface area contributed by atoms with Crippen molar-refractivity contribution in [2.24, 2.45) is 0 Å². The molecule has 3 heterocycles. The molecule has 7 heteroatoms. The summed E-state index contributed by atoms with van der Waals surface area (Å²) < 4.78 is 0. The molecule has 0 radical (unpaired) electrons. The number of anilines is 1. The molecule has 0 bridgehead atoms. The van der Waals surface area contributed by atoms with Crippen LogP contribution in [0.1, 0.15) is 28.8 Å². The van der Waals surface area contributed by atoms with Crippen LogP contribution < -0.4 is 5.32 Å². The van der Waals surface area contributed by atoms with Crippen molar-refractivity contribution < 1.29 is 9.59 Å². The highest BCUT2D eigenvalue weighted by Crippen LogP contribution is 2.33. The molecule has 0 fully saturated rings. The summed E-state index contributed by atoms with van der Waals surface area (Å²) in [5.41, 5.74) is 2.31. The van der Waals surface area contributed by atoms with Gasteiger partial charge in [-0.3, -0.25) is 9.59 Å². The molecule has 2 aromatic heterocycles. The third-order valence-corrected chi connectivity index (χ3v) is 5.88. The molecule has 120 valence electrons. The Morgan fingerprint density at radius 3 is 3.08 bits per heavy atom. The highest BCUT2D eigenvalue weighted by Gasteiger charge is 2.27. The third kappa shape index (κ3) is 2.59. The van der Waals surface area contributed by atoms with Crippen LogP contribution in [-0.4, -0.2) is 27.4 Å². The molecule has 0 saturated carbocycles. The van der Waals surface area contributed by atoms with Crippen LogP contribution in [0.25, 0.3) is 10.2 Å². The van der Waals surface area contributed by atoms with Crippen molar-refractivity contribution in [2.45, 2.75) is 17.9 Å². The van der Waals surface area contributed by atoms with E-state index in [2.05, 4.69) is 15.3 Å². The quantitative estimate of drug-likeness (QED) is 0.439. The van der Waals surface area contributed by atoms with Gasteiger partial charge in [0, 0.05) is 16.6 Å². The lowest BCUT2D eigenvalue weighted by Crippen LogP contribution is -2.08. The number of ketones is 1. The molecule has 0 saturated heterocycles. The fourth-order valence-corrected chi connectivity index (χ4v) is 4.36. The molecule has 1 aliphatic heterocycles. The van der Waals surface area contributed by atoms with Gasteiger partial charge in [-0.1, -0.05) is 11.8 Å². The van der Waals surface area contributed by atoms with Crippen molar-refractivity contribution in [2.75, 3.05) is 11.1 Å². The summed E-state index contributed by atoms with van der Waals surface area (Å²) in [7, 11) is 0. The molecule has 0 unspecified atom stereocenters. The van der Waals surface area contributed by atoms with Crippen LogP contribution in [-0.2, 0) is 4.79 Å². The number of nitrogens with zero attached hydrogens (tertiary/aromatic N) is 2. The number of thioether (sulfide) groups is 1. The first-order valence-electron chi connectivity index (χ1n) is 7.42. The van der Waals surface area contributed by atoms with Crippen molar-refractivity contribution in [3.8, 4) is 0 Å². The van der Waals surface area contributed by atoms with Gasteiger partial charge in [-0.05, 0) is 42.1 Å². The predicted molar refractivity (Wildman–Crippen MR) is 96.0 cm³/mol. The normalized spacial score (nSPS) is 16.2. The first-order valence-corrected chi connectivity index (χ1v) is 9.29. The Labute approximate surface area is 146 Å². The van der Waals surface area contributed by atoms with Gasteiger partial charge in [-0.25, -0.2) is 9.97 Å². The summed E-state index contributed by atoms with van der Waals surface area (Å²) in [4.78, 5) is 33.6. The standard InChI is InChI=1S/C17H13N3O2S2/c1-9-12-6-10(2-3-13(12)20-15(9)22)14(21)7-24-17-11-4-5-23-16(11)18-8-19-17/h2-6,8-9H,7H2,1H3,(H,20,22)/t9-/m0/s1. The van der Waals surface area contributed by atoms with E-state index in [1.807, 2.05) is 24.4 Å². The predicted octanol–water partition coefficient (Wildman–Crippen LogP) is 3.72. The number of carbonyl (C=O) groups excluding carboxylic acids is 2. The fraction of sp³-hybridized carbons (Fsp3) is 0.176. The van der Waals surface area contributed by atoms with Gasteiger partial charge in [0.15, 0.2) is 5.78 Å². The van der Waals surface area contributed by atoms with Crippen LogP contribution in [0, 0.1) is 0 Å². The van der Waals surface area contributed by atoms with E-state index < -0.39 is 0 Å². The first-order chi connectivity index (χ1) is 11.6. The SMILES string of the molecule is C[C@@H]1C(=O)Nc2ccc(C(=O)CSc3ncnc4sccc34)cc21. The van der Waals surface area contributed by atoms with E-state index in [1.165, 1.54) is 18.1 Å². The summed E-state index contributed by atoms with van der Waals surface area (Å²) in [6.07, 6.45) is 1.53. The summed E-state index contributed by atoms with van der Waals surface area (Å²) in [5, 5.41) is 6.59. The second-order valence-electron chi connectivity index (χ2n) is 5.54. The number of Topliss-reactive ketones (excluding diaryl/α,β-unsaturated/α-hetero) is 1. The molecule has 1 atom stereocenters. The molecule has 3 aromatic rings. The minimum atomic E-state index is -0.215. The molecular formula is C17H13N3O2S2. The lowest BCUT2D eigenvalue weighted by atomic mass is 9.99. The topological polar surface area (TPSA) is 72.0 Å². The van der Waals surface area contributed by atoms with Gasteiger partial charge in [0.1, 0.15) is 16.2 Å². The number of rotatable bonds is 4. The van der Waals surface area contributed by atoms with E-state index in [9.17, 15) is 9.59 Å². The Bertz CT molecular complexity index is 967. The Kier molecular flexibility index (Phi) is 3.82. The molecule has 1 N–H and O–H groups in total. The van der Waals surface area contributed by atoms with Crippen molar-refractivity contribution in [1.29, 1.82) is 0 Å². The fourth-order valence-electron chi connectivity index (χ4n) is 2.69. The Hall–Kier alpha value is -2.25. The smallest absolute Gasteiger partial charge is 0.231 e. The number of fused-ring (bicyclic) bond motifs is 2. The third-order valence-electron chi connectivity index (χ3n) is 4.06. The molecule has 4 rings (SSSR count). The van der Waals surface area contributed by atoms with Crippen LogP contribution in [0.3, 0.4) is 0 Å². The highest BCUT2D eigenvalue weighted by molar-refractivity contribution is 8.00. The zero-order valence-electron chi connectivity index (χ0n) is 12.8. The molecule has 0 aliphatic carbocycles. The maximum Gasteiger partial charge on any atom is 0.231 e. The van der Waals surface area contributed by atoms with Gasteiger partial charge in [0.2, 0.25) is 5.91 Å². The second-order valence-corrected chi connectivity index (χ2v) is 7.40. The number of amides is 1. The lowest BCUT2D eigenvalue weighted by molar-refractivity contribution is -0.116. The molecule has 1 aliphatic rings. The van der Waals surface area contributed by atoms with Gasteiger partial charge in [-0.15, -0.1) is 11.3 Å². The molecule has 24 heavy (non-hydrogen) atoms. The maximum absolute atomic E-state index is 12.5. The van der Waals surface area contributed by atoms with E-state index in [4.69, 9.17) is 0 Å². The number of thiophene rings is 1. The molecule has 1 aromatic carbocycles. The molecular weight excluding hydrogens is 342 g/mol. The van der Waals surface area contributed by atoms with Gasteiger partial charge >= 0.3 is 0 Å². The molecule has 0 spiro atoms. The van der Waals surface area contributed by atoms with E-state index >= 15 is 0 Å². The van der Waals surface area contributed by atoms with E-state index in [0.29, 0.717) is 11.3 Å². The summed E-state index contributed by atoms with van der Waals surface area (Å²) >= 11 is 2.97. The number of nitrogens with one attached hydrogen (secondary N) is 1. The van der Waals surface area contributed by atoms with Crippen LogP contribution in [0.5, 0.6) is 0 Å². The minimum Gasteiger partial charge on any atom is -0.325 e. The number of carbonyl (C=O) groups is 2. The number of hydrogen-bond donors (Lipinski definition) is 1. The van der Waals surface area contributed by atoms with E-state index in [0.717, 1.165) is 26.5 Å². The second kappa shape index (κ2) is 5.99. The zero-order chi connectivity index (χ0) is 16.7. The highest BCUT2D eigenvalue weighted by atomic mass is 32.2. The van der Waals surface area contributed by atoms with Gasteiger partial charge in [0.25, 0.3) is 0 Å². The average Bonchev–Trinajstić information content (AvgIpc) is 3.18. The molecule has 1 amide bonds. The Morgan fingerprint density at radius 1 is 1.33 bits per heavy atom. The van der Waals surface area contributed by atoms with Crippen molar-refractivity contribution in [1.82, 2.24) is 9.97 Å². The monoisotopic (exact) mass is 355 g/mol. The van der Waals surface area contributed by atoms with Gasteiger partial charge in [0.05, 0.1) is 11.7 Å². The van der Waals surface area contributed by atoms with Gasteiger partial charge < -0.3 is 5.32 Å². The van der Waals surface area contributed by atoms with Crippen LogP contribution >= 0.6 is 23.1 Å². The maximum atomic E-state index is 12.5.